The number of morpholine rings is 1. The number of halogens is 2. The van der Waals surface area contributed by atoms with E-state index >= 15 is 0 Å². The average molecular weight is 512 g/mol. The van der Waals surface area contributed by atoms with Gasteiger partial charge >= 0.3 is 5.97 Å². The third kappa shape index (κ3) is 5.17. The molecule has 1 amide bonds. The summed E-state index contributed by atoms with van der Waals surface area (Å²) < 4.78 is 33.1. The lowest BCUT2D eigenvalue weighted by Gasteiger charge is -2.28. The molecule has 2 aliphatic heterocycles. The Kier molecular flexibility index (Phi) is 6.88. The number of aliphatic carboxylic acids is 1. The molecule has 3 heterocycles. The van der Waals surface area contributed by atoms with Gasteiger partial charge in [0.05, 0.1) is 36.5 Å². The van der Waals surface area contributed by atoms with E-state index in [1.54, 1.807) is 25.3 Å². The van der Waals surface area contributed by atoms with E-state index in [1.807, 2.05) is 0 Å². The predicted octanol–water partition coefficient (Wildman–Crippen LogP) is 3.61. The van der Waals surface area contributed by atoms with E-state index < -0.39 is 35.6 Å². The van der Waals surface area contributed by atoms with Crippen molar-refractivity contribution in [2.75, 3.05) is 43.1 Å². The third-order valence-corrected chi connectivity index (χ3v) is 6.76. The SMILES string of the molecule is CC(Nc1cc(F)cc(F)c1)c1cc(C(=O)N2CCCC2C(=O)O)cc2ncc(N3CCOCC3)nc12. The predicted molar refractivity (Wildman–Crippen MR) is 133 cm³/mol. The van der Waals surface area contributed by atoms with Gasteiger partial charge in [-0.3, -0.25) is 9.78 Å². The molecule has 0 aliphatic carbocycles. The van der Waals surface area contributed by atoms with Crippen LogP contribution in [-0.4, -0.2) is 70.7 Å². The second-order valence-electron chi connectivity index (χ2n) is 9.28. The Balaban J connectivity index is 1.57. The van der Waals surface area contributed by atoms with Gasteiger partial charge in [0, 0.05) is 42.5 Å². The summed E-state index contributed by atoms with van der Waals surface area (Å²) in [4.78, 5) is 37.9. The normalized spacial score (nSPS) is 18.7. The number of carbonyl (C=O) groups is 2. The Hall–Kier alpha value is -3.86. The maximum Gasteiger partial charge on any atom is 0.326 e. The van der Waals surface area contributed by atoms with Crippen LogP contribution in [0.15, 0.2) is 36.5 Å². The minimum absolute atomic E-state index is 0.234. The van der Waals surface area contributed by atoms with Crippen LogP contribution in [0.4, 0.5) is 20.3 Å². The standard InChI is InChI=1S/C26H27F2N5O4/c1-15(30-19-12-17(27)11-18(28)13-19)20-9-16(25(34)33-4-2-3-22(33)26(35)36)10-21-24(20)31-23(14-29-21)32-5-7-37-8-6-32/h9-15,22,30H,2-8H2,1H3,(H,35,36). The zero-order valence-corrected chi connectivity index (χ0v) is 20.3. The maximum atomic E-state index is 13.8. The van der Waals surface area contributed by atoms with Crippen molar-refractivity contribution in [3.8, 4) is 0 Å². The molecule has 11 heteroatoms. The highest BCUT2D eigenvalue weighted by atomic mass is 19.1. The largest absolute Gasteiger partial charge is 0.480 e. The van der Waals surface area contributed by atoms with Crippen molar-refractivity contribution >= 4 is 34.4 Å². The van der Waals surface area contributed by atoms with Gasteiger partial charge in [-0.1, -0.05) is 0 Å². The number of hydrogen-bond donors (Lipinski definition) is 2. The molecule has 2 aliphatic rings. The molecule has 9 nitrogen and oxygen atoms in total. The van der Waals surface area contributed by atoms with E-state index in [4.69, 9.17) is 9.72 Å². The summed E-state index contributed by atoms with van der Waals surface area (Å²) in [6, 6.07) is 5.04. The number of nitrogens with one attached hydrogen (secondary N) is 1. The summed E-state index contributed by atoms with van der Waals surface area (Å²) in [5.74, 6) is -2.22. The summed E-state index contributed by atoms with van der Waals surface area (Å²) >= 11 is 0. The number of carboxylic acid groups (broad SMARTS) is 1. The third-order valence-electron chi connectivity index (χ3n) is 6.76. The molecular weight excluding hydrogens is 484 g/mol. The van der Waals surface area contributed by atoms with Gasteiger partial charge in [-0.05, 0) is 44.0 Å². The summed E-state index contributed by atoms with van der Waals surface area (Å²) in [6.45, 7) is 4.61. The van der Waals surface area contributed by atoms with Gasteiger partial charge in [-0.25, -0.2) is 18.6 Å². The molecule has 2 N–H and O–H groups in total. The Morgan fingerprint density at radius 3 is 2.54 bits per heavy atom. The van der Waals surface area contributed by atoms with Crippen molar-refractivity contribution in [3.63, 3.8) is 0 Å². The Morgan fingerprint density at radius 1 is 1.11 bits per heavy atom. The minimum Gasteiger partial charge on any atom is -0.480 e. The Bertz CT molecular complexity index is 1330. The van der Waals surface area contributed by atoms with E-state index in [0.717, 1.165) is 6.07 Å². The zero-order chi connectivity index (χ0) is 26.1. The Morgan fingerprint density at radius 2 is 1.84 bits per heavy atom. The highest BCUT2D eigenvalue weighted by Crippen LogP contribution is 2.30. The molecule has 0 spiro atoms. The number of likely N-dealkylation sites (tertiary alicyclic amines) is 1. The van der Waals surface area contributed by atoms with Crippen LogP contribution in [0.1, 0.15) is 41.7 Å². The lowest BCUT2D eigenvalue weighted by atomic mass is 10.0. The molecule has 2 saturated heterocycles. The molecule has 0 radical (unpaired) electrons. The topological polar surface area (TPSA) is 108 Å². The Labute approximate surface area is 212 Å². The summed E-state index contributed by atoms with van der Waals surface area (Å²) in [5, 5.41) is 12.6. The second-order valence-corrected chi connectivity index (χ2v) is 9.28. The fraction of sp³-hybridized carbons (Fsp3) is 0.385. The van der Waals surface area contributed by atoms with Crippen LogP contribution in [0.25, 0.3) is 11.0 Å². The fourth-order valence-corrected chi connectivity index (χ4v) is 4.93. The molecule has 2 aromatic carbocycles. The van der Waals surface area contributed by atoms with E-state index in [-0.39, 0.29) is 11.3 Å². The molecule has 3 aromatic rings. The lowest BCUT2D eigenvalue weighted by molar-refractivity contribution is -0.141. The second kappa shape index (κ2) is 10.3. The van der Waals surface area contributed by atoms with Crippen molar-refractivity contribution in [3.05, 3.63) is 59.3 Å². The highest BCUT2D eigenvalue weighted by Gasteiger charge is 2.35. The van der Waals surface area contributed by atoms with Crippen LogP contribution < -0.4 is 10.2 Å². The van der Waals surface area contributed by atoms with Crippen LogP contribution in [0.5, 0.6) is 0 Å². The first-order valence-corrected chi connectivity index (χ1v) is 12.2. The van der Waals surface area contributed by atoms with Gasteiger partial charge < -0.3 is 25.0 Å². The van der Waals surface area contributed by atoms with E-state index in [1.165, 1.54) is 17.0 Å². The molecule has 2 unspecified atom stereocenters. The van der Waals surface area contributed by atoms with Gasteiger partial charge in [0.25, 0.3) is 5.91 Å². The van der Waals surface area contributed by atoms with Crippen molar-refractivity contribution in [1.82, 2.24) is 14.9 Å². The van der Waals surface area contributed by atoms with Crippen molar-refractivity contribution in [2.45, 2.75) is 31.8 Å². The summed E-state index contributed by atoms with van der Waals surface area (Å²) in [5.41, 5.74) is 2.11. The van der Waals surface area contributed by atoms with E-state index in [0.29, 0.717) is 68.1 Å². The highest BCUT2D eigenvalue weighted by molar-refractivity contribution is 6.00. The minimum atomic E-state index is -1.04. The molecule has 2 atom stereocenters. The average Bonchev–Trinajstić information content (AvgIpc) is 3.37. The number of hydrogen-bond acceptors (Lipinski definition) is 7. The van der Waals surface area contributed by atoms with Crippen LogP contribution in [0, 0.1) is 11.6 Å². The monoisotopic (exact) mass is 511 g/mol. The molecule has 0 saturated carbocycles. The van der Waals surface area contributed by atoms with Crippen molar-refractivity contribution < 1.29 is 28.2 Å². The molecule has 1 aromatic heterocycles. The molecule has 37 heavy (non-hydrogen) atoms. The number of nitrogens with zero attached hydrogens (tertiary/aromatic N) is 4. The van der Waals surface area contributed by atoms with Gasteiger partial charge in [-0.15, -0.1) is 0 Å². The quantitative estimate of drug-likeness (QED) is 0.517. The number of fused-ring (bicyclic) bond motifs is 1. The number of anilines is 2. The van der Waals surface area contributed by atoms with Gasteiger partial charge in [0.1, 0.15) is 23.5 Å². The first-order valence-electron chi connectivity index (χ1n) is 12.2. The van der Waals surface area contributed by atoms with Gasteiger partial charge in [-0.2, -0.15) is 0 Å². The van der Waals surface area contributed by atoms with Crippen LogP contribution >= 0.6 is 0 Å². The van der Waals surface area contributed by atoms with Gasteiger partial charge in [0.15, 0.2) is 0 Å². The number of aromatic nitrogens is 2. The number of ether oxygens (including phenoxy) is 1. The lowest BCUT2D eigenvalue weighted by Crippen LogP contribution is -2.40. The number of benzene rings is 2. The first kappa shape index (κ1) is 24.8. The molecule has 194 valence electrons. The first-order chi connectivity index (χ1) is 17.8. The zero-order valence-electron chi connectivity index (χ0n) is 20.3. The molecule has 5 rings (SSSR count). The van der Waals surface area contributed by atoms with Crippen molar-refractivity contribution in [1.29, 1.82) is 0 Å². The maximum absolute atomic E-state index is 13.8. The van der Waals surface area contributed by atoms with E-state index in [9.17, 15) is 23.5 Å². The van der Waals surface area contributed by atoms with Crippen LogP contribution in [-0.2, 0) is 9.53 Å². The van der Waals surface area contributed by atoms with Crippen LogP contribution in [0.2, 0.25) is 0 Å². The number of rotatable bonds is 6. The van der Waals surface area contributed by atoms with Gasteiger partial charge in [0.2, 0.25) is 0 Å². The molecular formula is C26H27F2N5O4. The summed E-state index contributed by atoms with van der Waals surface area (Å²) in [7, 11) is 0. The smallest absolute Gasteiger partial charge is 0.326 e. The van der Waals surface area contributed by atoms with E-state index in [2.05, 4.69) is 15.2 Å². The fourth-order valence-electron chi connectivity index (χ4n) is 4.93. The number of carbonyl (C=O) groups excluding carboxylic acids is 1. The number of carboxylic acids is 1. The molecule has 0 bridgehead atoms. The summed E-state index contributed by atoms with van der Waals surface area (Å²) in [6.07, 6.45) is 2.64. The van der Waals surface area contributed by atoms with Crippen LogP contribution in [0.3, 0.4) is 0 Å². The number of amides is 1. The van der Waals surface area contributed by atoms with Crippen molar-refractivity contribution in [2.24, 2.45) is 0 Å². The molecule has 2 fully saturated rings.